The van der Waals surface area contributed by atoms with Crippen LogP contribution in [0, 0.1) is 5.92 Å². The van der Waals surface area contributed by atoms with E-state index in [0.29, 0.717) is 19.8 Å². The number of rotatable bonds is 9. The molecule has 0 radical (unpaired) electrons. The summed E-state index contributed by atoms with van der Waals surface area (Å²) in [7, 11) is 1.69. The lowest BCUT2D eigenvalue weighted by Gasteiger charge is -2.41. The Morgan fingerprint density at radius 3 is 2.15 bits per heavy atom. The Bertz CT molecular complexity index is 646. The van der Waals surface area contributed by atoms with Crippen molar-refractivity contribution in [3.63, 3.8) is 0 Å². The minimum atomic E-state index is -0.221. The topological polar surface area (TPSA) is 36.9 Å². The van der Waals surface area contributed by atoms with Gasteiger partial charge in [-0.05, 0) is 17.5 Å². The number of ether oxygens (including phenoxy) is 4. The molecular weight excluding hydrogens is 340 g/mol. The van der Waals surface area contributed by atoms with Gasteiger partial charge in [-0.2, -0.15) is 0 Å². The van der Waals surface area contributed by atoms with Crippen LogP contribution in [0.3, 0.4) is 0 Å². The predicted octanol–water partition coefficient (Wildman–Crippen LogP) is 4.58. The molecule has 0 spiro atoms. The number of hydrogen-bond acceptors (Lipinski definition) is 4. The molecule has 27 heavy (non-hydrogen) atoms. The Kier molecular flexibility index (Phi) is 7.84. The average molecular weight is 370 g/mol. The first-order valence-corrected chi connectivity index (χ1v) is 9.75. The molecule has 0 amide bonds. The van der Waals surface area contributed by atoms with Gasteiger partial charge >= 0.3 is 0 Å². The van der Waals surface area contributed by atoms with Crippen molar-refractivity contribution in [1.82, 2.24) is 0 Å². The maximum Gasteiger partial charge on any atom is 0.160 e. The lowest BCUT2D eigenvalue weighted by molar-refractivity contribution is -0.243. The largest absolute Gasteiger partial charge is 0.376 e. The third kappa shape index (κ3) is 5.88. The fourth-order valence-corrected chi connectivity index (χ4v) is 3.58. The van der Waals surface area contributed by atoms with E-state index in [2.05, 4.69) is 31.2 Å². The molecular formula is C23H30O4. The third-order valence-electron chi connectivity index (χ3n) is 5.10. The van der Waals surface area contributed by atoms with Gasteiger partial charge in [0, 0.05) is 19.4 Å². The summed E-state index contributed by atoms with van der Waals surface area (Å²) in [5, 5.41) is 0. The number of hydrogen-bond donors (Lipinski definition) is 0. The molecule has 1 heterocycles. The van der Waals surface area contributed by atoms with Crippen LogP contribution in [0.25, 0.3) is 0 Å². The molecule has 0 aliphatic carbocycles. The molecule has 4 atom stereocenters. The van der Waals surface area contributed by atoms with E-state index < -0.39 is 0 Å². The van der Waals surface area contributed by atoms with Crippen LogP contribution >= 0.6 is 0 Å². The molecule has 0 N–H and O–H groups in total. The van der Waals surface area contributed by atoms with Gasteiger partial charge in [-0.25, -0.2) is 0 Å². The van der Waals surface area contributed by atoms with Gasteiger partial charge in [0.1, 0.15) is 0 Å². The summed E-state index contributed by atoms with van der Waals surface area (Å²) < 4.78 is 23.9. The first-order valence-electron chi connectivity index (χ1n) is 9.75. The summed E-state index contributed by atoms with van der Waals surface area (Å²) >= 11 is 0. The molecule has 2 aromatic carbocycles. The van der Waals surface area contributed by atoms with Crippen molar-refractivity contribution in [2.45, 2.75) is 51.5 Å². The van der Waals surface area contributed by atoms with Crippen molar-refractivity contribution in [2.24, 2.45) is 5.92 Å². The first-order chi connectivity index (χ1) is 13.3. The second-order valence-corrected chi connectivity index (χ2v) is 6.98. The summed E-state index contributed by atoms with van der Waals surface area (Å²) in [6, 6.07) is 20.5. The molecule has 4 heteroatoms. The van der Waals surface area contributed by atoms with Crippen LogP contribution in [0.15, 0.2) is 60.7 Å². The zero-order valence-electron chi connectivity index (χ0n) is 16.3. The summed E-state index contributed by atoms with van der Waals surface area (Å²) in [4.78, 5) is 0. The van der Waals surface area contributed by atoms with E-state index in [1.807, 2.05) is 36.4 Å². The van der Waals surface area contributed by atoms with Crippen LogP contribution in [0.2, 0.25) is 0 Å². The van der Waals surface area contributed by atoms with Crippen molar-refractivity contribution >= 4 is 0 Å². The Hall–Kier alpha value is -1.72. The lowest BCUT2D eigenvalue weighted by Crippen LogP contribution is -2.47. The molecule has 1 aliphatic heterocycles. The van der Waals surface area contributed by atoms with Crippen molar-refractivity contribution in [2.75, 3.05) is 13.7 Å². The summed E-state index contributed by atoms with van der Waals surface area (Å²) in [6.07, 6.45) is 1.52. The van der Waals surface area contributed by atoms with Crippen molar-refractivity contribution in [3.05, 3.63) is 71.8 Å². The molecule has 1 aliphatic rings. The van der Waals surface area contributed by atoms with Gasteiger partial charge in [0.05, 0.1) is 32.0 Å². The average Bonchev–Trinajstić information content (AvgIpc) is 2.74. The minimum absolute atomic E-state index is 0.0460. The fourth-order valence-electron chi connectivity index (χ4n) is 3.58. The van der Waals surface area contributed by atoms with E-state index in [-0.39, 0.29) is 24.4 Å². The van der Waals surface area contributed by atoms with Gasteiger partial charge in [-0.1, -0.05) is 67.6 Å². The van der Waals surface area contributed by atoms with E-state index in [1.165, 1.54) is 11.1 Å². The van der Waals surface area contributed by atoms with Crippen LogP contribution in [-0.2, 0) is 32.2 Å². The Labute approximate surface area is 162 Å². The van der Waals surface area contributed by atoms with Gasteiger partial charge in [-0.15, -0.1) is 0 Å². The molecule has 3 rings (SSSR count). The van der Waals surface area contributed by atoms with E-state index in [0.717, 1.165) is 12.8 Å². The van der Waals surface area contributed by atoms with Gasteiger partial charge in [0.15, 0.2) is 6.29 Å². The Morgan fingerprint density at radius 2 is 1.56 bits per heavy atom. The van der Waals surface area contributed by atoms with E-state index >= 15 is 0 Å². The van der Waals surface area contributed by atoms with Crippen LogP contribution in [0.5, 0.6) is 0 Å². The quantitative estimate of drug-likeness (QED) is 0.648. The molecule has 4 nitrogen and oxygen atoms in total. The molecule has 0 saturated carbocycles. The van der Waals surface area contributed by atoms with Crippen molar-refractivity contribution < 1.29 is 18.9 Å². The maximum absolute atomic E-state index is 6.31. The smallest absolute Gasteiger partial charge is 0.160 e. The highest BCUT2D eigenvalue weighted by atomic mass is 16.7. The van der Waals surface area contributed by atoms with E-state index in [1.54, 1.807) is 7.11 Å². The normalized spacial score (nSPS) is 25.4. The highest BCUT2D eigenvalue weighted by Gasteiger charge is 2.38. The standard InChI is InChI=1S/C23H30O4/c1-3-21-20(17-25-15-18-10-6-4-7-11-18)22(14-23(24-2)27-21)26-16-19-12-8-5-9-13-19/h4-13,20-23H,3,14-17H2,1-2H3/t20-,21?,22-,23-/m1/s1. The summed E-state index contributed by atoms with van der Waals surface area (Å²) in [6.45, 7) is 3.95. The zero-order valence-corrected chi connectivity index (χ0v) is 16.3. The van der Waals surface area contributed by atoms with Crippen LogP contribution in [0.1, 0.15) is 30.9 Å². The molecule has 1 fully saturated rings. The number of benzene rings is 2. The molecule has 146 valence electrons. The highest BCUT2D eigenvalue weighted by Crippen LogP contribution is 2.31. The van der Waals surface area contributed by atoms with E-state index in [9.17, 15) is 0 Å². The monoisotopic (exact) mass is 370 g/mol. The third-order valence-corrected chi connectivity index (χ3v) is 5.10. The van der Waals surface area contributed by atoms with Crippen LogP contribution < -0.4 is 0 Å². The van der Waals surface area contributed by atoms with Crippen LogP contribution in [-0.4, -0.2) is 32.2 Å². The molecule has 0 bridgehead atoms. The molecule has 1 saturated heterocycles. The Morgan fingerprint density at radius 1 is 0.926 bits per heavy atom. The predicted molar refractivity (Wildman–Crippen MR) is 105 cm³/mol. The van der Waals surface area contributed by atoms with Gasteiger partial charge in [0.2, 0.25) is 0 Å². The van der Waals surface area contributed by atoms with Gasteiger partial charge in [0.25, 0.3) is 0 Å². The van der Waals surface area contributed by atoms with Crippen LogP contribution in [0.4, 0.5) is 0 Å². The SMILES string of the molecule is CCC1O[C@@H](OC)C[C@@H](OCc2ccccc2)[C@@H]1COCc1ccccc1. The zero-order chi connectivity index (χ0) is 18.9. The molecule has 2 aromatic rings. The van der Waals surface area contributed by atoms with Gasteiger partial charge < -0.3 is 18.9 Å². The fraction of sp³-hybridized carbons (Fsp3) is 0.478. The minimum Gasteiger partial charge on any atom is -0.376 e. The molecule has 0 aromatic heterocycles. The first kappa shape index (κ1) is 20.0. The van der Waals surface area contributed by atoms with Crippen molar-refractivity contribution in [3.8, 4) is 0 Å². The lowest BCUT2D eigenvalue weighted by atomic mass is 9.89. The van der Waals surface area contributed by atoms with E-state index in [4.69, 9.17) is 18.9 Å². The molecule has 1 unspecified atom stereocenters. The second kappa shape index (κ2) is 10.6. The summed E-state index contributed by atoms with van der Waals surface area (Å²) in [5.74, 6) is 0.189. The number of methoxy groups -OCH3 is 1. The summed E-state index contributed by atoms with van der Waals surface area (Å²) in [5.41, 5.74) is 2.36. The Balaban J connectivity index is 1.61. The maximum atomic E-state index is 6.31. The van der Waals surface area contributed by atoms with Gasteiger partial charge in [-0.3, -0.25) is 0 Å². The highest BCUT2D eigenvalue weighted by molar-refractivity contribution is 5.14. The van der Waals surface area contributed by atoms with Crippen molar-refractivity contribution in [1.29, 1.82) is 0 Å². The second-order valence-electron chi connectivity index (χ2n) is 6.98.